The number of anilines is 1. The van der Waals surface area contributed by atoms with E-state index >= 15 is 4.39 Å². The minimum absolute atomic E-state index is 0.0462. The molecule has 2 aromatic rings. The standard InChI is InChI=1S/C32H43FN4O7S/c1-22-18-35(31(40)44-32(3,4)5)19-23(2)36(22)20-24-7-11-27(12-8-24)37(30(39)34-13-15-45(41,42)16-14-34)21-26-10-9-25(17-28(26)33)29(38)43-6/h7-12,17,22-23H,13-16,18-21H2,1-6H3/t22-,23+. The number of nitrogens with zero attached hydrogens (tertiary/aromatic N) is 4. The van der Waals surface area contributed by atoms with Gasteiger partial charge in [-0.25, -0.2) is 27.2 Å². The Bertz CT molecular complexity index is 1480. The largest absolute Gasteiger partial charge is 0.465 e. The third-order valence-electron chi connectivity index (χ3n) is 8.01. The lowest BCUT2D eigenvalue weighted by atomic mass is 10.1. The molecule has 2 aliphatic heterocycles. The number of halogens is 1. The Morgan fingerprint density at radius 1 is 0.956 bits per heavy atom. The summed E-state index contributed by atoms with van der Waals surface area (Å²) in [6.07, 6.45) is -0.322. The zero-order valence-corrected chi connectivity index (χ0v) is 27.6. The number of hydrogen-bond donors (Lipinski definition) is 0. The zero-order chi connectivity index (χ0) is 33.1. The highest BCUT2D eigenvalue weighted by Gasteiger charge is 2.34. The van der Waals surface area contributed by atoms with Crippen LogP contribution in [0.25, 0.3) is 0 Å². The highest BCUT2D eigenvalue weighted by Crippen LogP contribution is 2.26. The summed E-state index contributed by atoms with van der Waals surface area (Å²) in [7, 11) is -2.00. The molecule has 11 nitrogen and oxygen atoms in total. The van der Waals surface area contributed by atoms with E-state index in [1.54, 1.807) is 17.0 Å². The summed E-state index contributed by atoms with van der Waals surface area (Å²) in [5.74, 6) is -1.60. The van der Waals surface area contributed by atoms with Crippen molar-refractivity contribution in [2.75, 3.05) is 49.7 Å². The van der Waals surface area contributed by atoms with Crippen molar-refractivity contribution in [2.24, 2.45) is 0 Å². The summed E-state index contributed by atoms with van der Waals surface area (Å²) < 4.78 is 49.3. The first kappa shape index (κ1) is 34.2. The Hall–Kier alpha value is -3.71. The number of hydrogen-bond acceptors (Lipinski definition) is 8. The van der Waals surface area contributed by atoms with E-state index < -0.39 is 33.3 Å². The van der Waals surface area contributed by atoms with Crippen LogP contribution < -0.4 is 4.90 Å². The topological polar surface area (TPSA) is 117 Å². The van der Waals surface area contributed by atoms with Gasteiger partial charge in [0.2, 0.25) is 0 Å². The van der Waals surface area contributed by atoms with Gasteiger partial charge in [0.25, 0.3) is 0 Å². The molecule has 246 valence electrons. The average molecular weight is 647 g/mol. The number of methoxy groups -OCH3 is 1. The van der Waals surface area contributed by atoms with Crippen molar-refractivity contribution in [3.63, 3.8) is 0 Å². The van der Waals surface area contributed by atoms with Gasteiger partial charge in [0.15, 0.2) is 9.84 Å². The van der Waals surface area contributed by atoms with E-state index in [4.69, 9.17) is 4.74 Å². The van der Waals surface area contributed by atoms with Crippen LogP contribution in [0.3, 0.4) is 0 Å². The quantitative estimate of drug-likeness (QED) is 0.427. The second kappa shape index (κ2) is 13.7. The van der Waals surface area contributed by atoms with Crippen LogP contribution in [0.2, 0.25) is 0 Å². The zero-order valence-electron chi connectivity index (χ0n) is 26.8. The molecule has 2 fully saturated rings. The van der Waals surface area contributed by atoms with E-state index in [1.807, 2.05) is 32.9 Å². The van der Waals surface area contributed by atoms with E-state index in [9.17, 15) is 22.8 Å². The van der Waals surface area contributed by atoms with Crippen molar-refractivity contribution < 1.29 is 36.7 Å². The first-order valence-corrected chi connectivity index (χ1v) is 16.8. The Labute approximate surface area is 264 Å². The maximum atomic E-state index is 15.1. The van der Waals surface area contributed by atoms with Crippen LogP contribution in [-0.4, -0.2) is 104 Å². The van der Waals surface area contributed by atoms with Gasteiger partial charge >= 0.3 is 18.1 Å². The van der Waals surface area contributed by atoms with Crippen LogP contribution in [0.15, 0.2) is 42.5 Å². The van der Waals surface area contributed by atoms with Crippen molar-refractivity contribution >= 4 is 33.6 Å². The molecule has 2 aliphatic rings. The SMILES string of the molecule is COC(=O)c1ccc(CN(C(=O)N2CCS(=O)(=O)CC2)c2ccc(CN3[C@H](C)CN(C(=O)OC(C)(C)C)C[C@@H]3C)cc2)c(F)c1. The number of rotatable bonds is 6. The molecule has 0 aliphatic carbocycles. The summed E-state index contributed by atoms with van der Waals surface area (Å²) in [5, 5.41) is 0. The molecule has 0 aromatic heterocycles. The van der Waals surface area contributed by atoms with Gasteiger partial charge in [-0.15, -0.1) is 0 Å². The first-order chi connectivity index (χ1) is 21.1. The third kappa shape index (κ3) is 8.72. The smallest absolute Gasteiger partial charge is 0.410 e. The summed E-state index contributed by atoms with van der Waals surface area (Å²) >= 11 is 0. The Kier molecular flexibility index (Phi) is 10.4. The lowest BCUT2D eigenvalue weighted by Gasteiger charge is -2.44. The monoisotopic (exact) mass is 646 g/mol. The number of amides is 3. The first-order valence-electron chi connectivity index (χ1n) is 15.0. The number of esters is 1. The number of carbonyl (C=O) groups excluding carboxylic acids is 3. The van der Waals surface area contributed by atoms with Crippen LogP contribution in [0, 0.1) is 5.82 Å². The fourth-order valence-corrected chi connectivity index (χ4v) is 6.77. The summed E-state index contributed by atoms with van der Waals surface area (Å²) in [4.78, 5) is 45.2. The minimum Gasteiger partial charge on any atom is -0.465 e. The van der Waals surface area contributed by atoms with Gasteiger partial charge in [-0.3, -0.25) is 9.80 Å². The van der Waals surface area contributed by atoms with Gasteiger partial charge in [0, 0.05) is 56.1 Å². The highest BCUT2D eigenvalue weighted by atomic mass is 32.2. The lowest BCUT2D eigenvalue weighted by molar-refractivity contribution is -0.00968. The maximum absolute atomic E-state index is 15.1. The highest BCUT2D eigenvalue weighted by molar-refractivity contribution is 7.91. The van der Waals surface area contributed by atoms with Gasteiger partial charge in [-0.1, -0.05) is 18.2 Å². The normalized spacial score (nSPS) is 20.4. The van der Waals surface area contributed by atoms with Crippen LogP contribution in [-0.2, 0) is 32.4 Å². The molecule has 2 saturated heterocycles. The van der Waals surface area contributed by atoms with E-state index in [-0.39, 0.29) is 60.4 Å². The number of piperazine rings is 1. The number of benzene rings is 2. The second-order valence-corrected chi connectivity index (χ2v) is 15.0. The Morgan fingerprint density at radius 2 is 1.56 bits per heavy atom. The fourth-order valence-electron chi connectivity index (χ4n) is 5.57. The predicted molar refractivity (Wildman–Crippen MR) is 168 cm³/mol. The van der Waals surface area contributed by atoms with Crippen LogP contribution in [0.5, 0.6) is 0 Å². The van der Waals surface area contributed by atoms with Gasteiger partial charge in [0.1, 0.15) is 11.4 Å². The van der Waals surface area contributed by atoms with Crippen LogP contribution in [0.4, 0.5) is 19.7 Å². The molecular weight excluding hydrogens is 603 g/mol. The Morgan fingerprint density at radius 3 is 2.09 bits per heavy atom. The van der Waals surface area contributed by atoms with E-state index in [2.05, 4.69) is 23.5 Å². The number of urea groups is 1. The third-order valence-corrected chi connectivity index (χ3v) is 9.62. The molecule has 0 radical (unpaired) electrons. The van der Waals surface area contributed by atoms with Gasteiger partial charge < -0.3 is 19.3 Å². The molecule has 0 spiro atoms. The lowest BCUT2D eigenvalue weighted by Crippen LogP contribution is -2.58. The van der Waals surface area contributed by atoms with Gasteiger partial charge in [0.05, 0.1) is 30.7 Å². The van der Waals surface area contributed by atoms with Crippen molar-refractivity contribution in [3.8, 4) is 0 Å². The number of carbonyl (C=O) groups is 3. The van der Waals surface area contributed by atoms with Crippen molar-refractivity contribution in [1.82, 2.24) is 14.7 Å². The molecule has 3 amide bonds. The molecule has 0 bridgehead atoms. The second-order valence-electron chi connectivity index (χ2n) is 12.7. The van der Waals surface area contributed by atoms with Crippen LogP contribution in [0.1, 0.15) is 56.1 Å². The molecular formula is C32H43FN4O7S. The predicted octanol–water partition coefficient (Wildman–Crippen LogP) is 4.30. The molecule has 4 rings (SSSR count). The molecule has 0 N–H and O–H groups in total. The van der Waals surface area contributed by atoms with Crippen molar-refractivity contribution in [1.29, 1.82) is 0 Å². The molecule has 2 aromatic carbocycles. The van der Waals surface area contributed by atoms with E-state index in [0.29, 0.717) is 25.3 Å². The molecule has 0 unspecified atom stereocenters. The summed E-state index contributed by atoms with van der Waals surface area (Å²) in [6.45, 7) is 11.3. The summed E-state index contributed by atoms with van der Waals surface area (Å²) in [6, 6.07) is 11.1. The molecule has 2 atom stereocenters. The average Bonchev–Trinajstić information content (AvgIpc) is 2.97. The van der Waals surface area contributed by atoms with Crippen molar-refractivity contribution in [3.05, 3.63) is 65.0 Å². The van der Waals surface area contributed by atoms with Gasteiger partial charge in [-0.2, -0.15) is 0 Å². The van der Waals surface area contributed by atoms with E-state index in [1.165, 1.54) is 29.0 Å². The molecule has 2 heterocycles. The Balaban J connectivity index is 1.52. The molecule has 45 heavy (non-hydrogen) atoms. The maximum Gasteiger partial charge on any atom is 0.410 e. The van der Waals surface area contributed by atoms with Crippen LogP contribution >= 0.6 is 0 Å². The number of sulfone groups is 1. The van der Waals surface area contributed by atoms with E-state index in [0.717, 1.165) is 11.6 Å². The van der Waals surface area contributed by atoms with Gasteiger partial charge in [-0.05, 0) is 64.4 Å². The summed E-state index contributed by atoms with van der Waals surface area (Å²) in [5.41, 5.74) is 1.19. The minimum atomic E-state index is -3.22. The molecule has 0 saturated carbocycles. The van der Waals surface area contributed by atoms with Crippen molar-refractivity contribution in [2.45, 2.75) is 65.4 Å². The number of ether oxygens (including phenoxy) is 2. The fraction of sp³-hybridized carbons (Fsp3) is 0.531. The molecule has 13 heteroatoms.